The van der Waals surface area contributed by atoms with Gasteiger partial charge in [0.05, 0.1) is 42.8 Å². The highest BCUT2D eigenvalue weighted by Crippen LogP contribution is 2.34. The van der Waals surface area contributed by atoms with E-state index in [4.69, 9.17) is 9.47 Å². The van der Waals surface area contributed by atoms with E-state index < -0.39 is 0 Å². The van der Waals surface area contributed by atoms with Gasteiger partial charge in [0.25, 0.3) is 5.91 Å². The van der Waals surface area contributed by atoms with Crippen molar-refractivity contribution in [3.05, 3.63) is 47.5 Å². The number of imidazole rings is 1. The maximum absolute atomic E-state index is 13.0. The number of nitrogens with zero attached hydrogens (tertiary/aromatic N) is 5. The summed E-state index contributed by atoms with van der Waals surface area (Å²) in [6.07, 6.45) is 6.38. The number of carbonyl (C=O) groups is 1. The van der Waals surface area contributed by atoms with Crippen LogP contribution in [0, 0.1) is 6.92 Å². The number of thiazole rings is 1. The van der Waals surface area contributed by atoms with E-state index in [9.17, 15) is 4.79 Å². The molecule has 3 N–H and O–H groups in total. The minimum Gasteiger partial charge on any atom is -0.493 e. The van der Waals surface area contributed by atoms with Crippen molar-refractivity contribution in [1.82, 2.24) is 35.1 Å². The predicted molar refractivity (Wildman–Crippen MR) is 123 cm³/mol. The minimum absolute atomic E-state index is 0.303. The Balaban J connectivity index is 1.44. The van der Waals surface area contributed by atoms with Crippen LogP contribution in [0.1, 0.15) is 15.4 Å². The van der Waals surface area contributed by atoms with Crippen LogP contribution in [0.4, 0.5) is 5.69 Å². The Morgan fingerprint density at radius 2 is 1.94 bits per heavy atom. The molecule has 4 aromatic heterocycles. The summed E-state index contributed by atoms with van der Waals surface area (Å²) >= 11 is 1.25. The molecule has 166 valence electrons. The SMILES string of the molecule is COc1cc2nc(-c3n[nH]cc3NC(=O)c3sc(-c4cnccn4)nc3C)[nH]c2cc1OC. The number of methoxy groups -OCH3 is 2. The monoisotopic (exact) mass is 462 g/mol. The first-order valence-corrected chi connectivity index (χ1v) is 10.6. The van der Waals surface area contributed by atoms with E-state index in [1.165, 1.54) is 11.3 Å². The Morgan fingerprint density at radius 1 is 1.12 bits per heavy atom. The lowest BCUT2D eigenvalue weighted by Crippen LogP contribution is -2.11. The highest BCUT2D eigenvalue weighted by molar-refractivity contribution is 7.17. The number of hydrogen-bond donors (Lipinski definition) is 3. The number of carbonyl (C=O) groups excluding carboxylic acids is 1. The first kappa shape index (κ1) is 20.6. The lowest BCUT2D eigenvalue weighted by atomic mass is 10.3. The number of anilines is 1. The fourth-order valence-corrected chi connectivity index (χ4v) is 4.24. The average molecular weight is 462 g/mol. The van der Waals surface area contributed by atoms with Gasteiger partial charge in [-0.1, -0.05) is 0 Å². The van der Waals surface area contributed by atoms with Gasteiger partial charge in [0.1, 0.15) is 15.6 Å². The molecule has 0 saturated carbocycles. The van der Waals surface area contributed by atoms with Crippen LogP contribution in [-0.2, 0) is 0 Å². The fraction of sp³-hybridized carbons (Fsp3) is 0.143. The molecule has 33 heavy (non-hydrogen) atoms. The third-order valence-corrected chi connectivity index (χ3v) is 6.06. The third-order valence-electron chi connectivity index (χ3n) is 4.89. The van der Waals surface area contributed by atoms with E-state index in [0.717, 1.165) is 5.52 Å². The highest BCUT2D eigenvalue weighted by Gasteiger charge is 2.21. The standard InChI is InChI=1S/C21H18N8O3S/c1-10-18(33-21(25-10)14-8-22-4-5-23-14)20(30)28-13-9-24-29-17(13)19-26-11-6-15(31-2)16(32-3)7-12(11)27-19/h4-9H,1-3H3,(H,24,29)(H,26,27)(H,28,30). The van der Waals surface area contributed by atoms with Gasteiger partial charge in [-0.15, -0.1) is 11.3 Å². The Labute approximate surface area is 191 Å². The minimum atomic E-state index is -0.303. The summed E-state index contributed by atoms with van der Waals surface area (Å²) in [6, 6.07) is 3.57. The number of nitrogens with one attached hydrogen (secondary N) is 3. The van der Waals surface area contributed by atoms with Crippen LogP contribution in [0.15, 0.2) is 36.9 Å². The van der Waals surface area contributed by atoms with Crippen molar-refractivity contribution >= 4 is 34.0 Å². The molecule has 5 rings (SSSR count). The molecule has 0 aliphatic rings. The Hall–Kier alpha value is -4.32. The molecule has 0 aliphatic carbocycles. The second-order valence-electron chi connectivity index (χ2n) is 6.94. The number of fused-ring (bicyclic) bond motifs is 1. The first-order valence-electron chi connectivity index (χ1n) is 9.78. The van der Waals surface area contributed by atoms with Gasteiger partial charge in [-0.2, -0.15) is 5.10 Å². The van der Waals surface area contributed by atoms with E-state index in [-0.39, 0.29) is 5.91 Å². The predicted octanol–water partition coefficient (Wildman–Crippen LogP) is 3.44. The van der Waals surface area contributed by atoms with Crippen LogP contribution < -0.4 is 14.8 Å². The molecule has 0 radical (unpaired) electrons. The largest absolute Gasteiger partial charge is 0.493 e. The van der Waals surface area contributed by atoms with Gasteiger partial charge >= 0.3 is 0 Å². The van der Waals surface area contributed by atoms with Crippen molar-refractivity contribution in [2.75, 3.05) is 19.5 Å². The summed E-state index contributed by atoms with van der Waals surface area (Å²) in [6.45, 7) is 1.78. The summed E-state index contributed by atoms with van der Waals surface area (Å²) < 4.78 is 10.7. The van der Waals surface area contributed by atoms with Crippen molar-refractivity contribution in [2.24, 2.45) is 0 Å². The molecule has 0 unspecified atom stereocenters. The summed E-state index contributed by atoms with van der Waals surface area (Å²) in [7, 11) is 3.13. The van der Waals surface area contributed by atoms with Crippen LogP contribution >= 0.6 is 11.3 Å². The molecule has 0 aliphatic heterocycles. The summed E-state index contributed by atoms with van der Waals surface area (Å²) in [5, 5.41) is 10.6. The molecular formula is C21H18N8O3S. The molecule has 4 heterocycles. The topological polar surface area (TPSA) is 144 Å². The smallest absolute Gasteiger partial charge is 0.267 e. The van der Waals surface area contributed by atoms with Gasteiger partial charge in [-0.05, 0) is 6.92 Å². The summed E-state index contributed by atoms with van der Waals surface area (Å²) in [5.41, 5.74) is 3.58. The zero-order valence-corrected chi connectivity index (χ0v) is 18.6. The highest BCUT2D eigenvalue weighted by atomic mass is 32.1. The number of H-pyrrole nitrogens is 2. The third kappa shape index (κ3) is 3.76. The zero-order valence-electron chi connectivity index (χ0n) is 17.8. The van der Waals surface area contributed by atoms with Crippen LogP contribution in [-0.4, -0.2) is 55.2 Å². The fourth-order valence-electron chi connectivity index (χ4n) is 3.32. The lowest BCUT2D eigenvalue weighted by Gasteiger charge is -2.06. The van der Waals surface area contributed by atoms with Gasteiger partial charge in [-0.3, -0.25) is 19.9 Å². The molecule has 0 spiro atoms. The van der Waals surface area contributed by atoms with Crippen LogP contribution in [0.25, 0.3) is 33.3 Å². The first-order chi connectivity index (χ1) is 16.1. The van der Waals surface area contributed by atoms with Crippen LogP contribution in [0.5, 0.6) is 11.5 Å². The quantitative estimate of drug-likeness (QED) is 0.348. The molecule has 0 saturated heterocycles. The number of amides is 1. The van der Waals surface area contributed by atoms with Gasteiger partial charge in [0.15, 0.2) is 23.0 Å². The molecule has 12 heteroatoms. The number of hydrogen-bond acceptors (Lipinski definition) is 9. The average Bonchev–Trinajstić information content (AvgIpc) is 3.56. The summed E-state index contributed by atoms with van der Waals surface area (Å²) in [4.78, 5) is 34.1. The number of aromatic nitrogens is 7. The van der Waals surface area contributed by atoms with Gasteiger partial charge in [0.2, 0.25) is 0 Å². The van der Waals surface area contributed by atoms with Crippen molar-refractivity contribution in [2.45, 2.75) is 6.92 Å². The summed E-state index contributed by atoms with van der Waals surface area (Å²) in [5.74, 6) is 1.33. The number of ether oxygens (including phenoxy) is 2. The van der Waals surface area contributed by atoms with Crippen molar-refractivity contribution in [1.29, 1.82) is 0 Å². The van der Waals surface area contributed by atoms with E-state index in [0.29, 0.717) is 55.5 Å². The number of rotatable bonds is 6. The van der Waals surface area contributed by atoms with Crippen molar-refractivity contribution in [3.63, 3.8) is 0 Å². The maximum atomic E-state index is 13.0. The van der Waals surface area contributed by atoms with Crippen molar-refractivity contribution < 1.29 is 14.3 Å². The molecule has 0 bridgehead atoms. The molecule has 0 atom stereocenters. The second-order valence-corrected chi connectivity index (χ2v) is 7.93. The van der Waals surface area contributed by atoms with Crippen molar-refractivity contribution in [3.8, 4) is 33.7 Å². The molecule has 0 fully saturated rings. The molecule has 1 amide bonds. The number of aromatic amines is 2. The van der Waals surface area contributed by atoms with Gasteiger partial charge in [-0.25, -0.2) is 9.97 Å². The molecule has 11 nitrogen and oxygen atoms in total. The Bertz CT molecular complexity index is 1420. The van der Waals surface area contributed by atoms with Gasteiger partial charge < -0.3 is 19.8 Å². The lowest BCUT2D eigenvalue weighted by molar-refractivity contribution is 0.103. The Morgan fingerprint density at radius 3 is 2.70 bits per heavy atom. The van der Waals surface area contributed by atoms with E-state index in [1.807, 2.05) is 0 Å². The zero-order chi connectivity index (χ0) is 22.9. The second kappa shape index (κ2) is 8.31. The number of benzene rings is 1. The van der Waals surface area contributed by atoms with E-state index >= 15 is 0 Å². The molecular weight excluding hydrogens is 444 g/mol. The normalized spacial score (nSPS) is 11.0. The van der Waals surface area contributed by atoms with Crippen LogP contribution in [0.2, 0.25) is 0 Å². The van der Waals surface area contributed by atoms with E-state index in [2.05, 4.69) is 40.4 Å². The number of aryl methyl sites for hydroxylation is 1. The van der Waals surface area contributed by atoms with E-state index in [1.54, 1.807) is 58.1 Å². The molecule has 1 aromatic carbocycles. The van der Waals surface area contributed by atoms with Gasteiger partial charge in [0, 0.05) is 30.7 Å². The Kier molecular flexibility index (Phi) is 5.18. The van der Waals surface area contributed by atoms with Crippen LogP contribution in [0.3, 0.4) is 0 Å². The maximum Gasteiger partial charge on any atom is 0.267 e. The molecule has 5 aromatic rings.